The number of aryl methyl sites for hydroxylation is 1. The van der Waals surface area contributed by atoms with Crippen LogP contribution < -0.4 is 5.32 Å². The van der Waals surface area contributed by atoms with Crippen molar-refractivity contribution in [1.29, 1.82) is 0 Å². The first kappa shape index (κ1) is 18.9. The number of fused-ring (bicyclic) bond motifs is 1. The number of carbonyl (C=O) groups excluding carboxylic acids is 3. The second kappa shape index (κ2) is 7.27. The summed E-state index contributed by atoms with van der Waals surface area (Å²) < 4.78 is 0. The molecule has 0 bridgehead atoms. The van der Waals surface area contributed by atoms with Gasteiger partial charge in [-0.05, 0) is 42.4 Å². The van der Waals surface area contributed by atoms with Gasteiger partial charge in [0, 0.05) is 19.0 Å². The highest BCUT2D eigenvalue weighted by Crippen LogP contribution is 2.34. The molecule has 1 spiro atoms. The van der Waals surface area contributed by atoms with Gasteiger partial charge in [0.2, 0.25) is 5.91 Å². The maximum absolute atomic E-state index is 13.3. The number of urea groups is 1. The van der Waals surface area contributed by atoms with Crippen molar-refractivity contribution in [3.8, 4) is 0 Å². The van der Waals surface area contributed by atoms with Crippen LogP contribution in [0.1, 0.15) is 36.0 Å². The van der Waals surface area contributed by atoms with E-state index < -0.39 is 11.6 Å². The fourth-order valence-electron chi connectivity index (χ4n) is 4.66. The number of nitrogens with zero attached hydrogens (tertiary/aromatic N) is 2. The summed E-state index contributed by atoms with van der Waals surface area (Å²) in [6.07, 6.45) is 3.73. The van der Waals surface area contributed by atoms with Crippen LogP contribution in [0.3, 0.4) is 0 Å². The van der Waals surface area contributed by atoms with Crippen molar-refractivity contribution >= 4 is 17.8 Å². The number of amides is 4. The Bertz CT molecular complexity index is 1000. The minimum absolute atomic E-state index is 0.168. The van der Waals surface area contributed by atoms with E-state index in [0.29, 0.717) is 19.4 Å². The van der Waals surface area contributed by atoms with Crippen LogP contribution in [-0.2, 0) is 29.0 Å². The molecule has 2 aliphatic carbocycles. The van der Waals surface area contributed by atoms with E-state index >= 15 is 0 Å². The smallest absolute Gasteiger partial charge is 0.325 e. The van der Waals surface area contributed by atoms with Crippen molar-refractivity contribution in [2.75, 3.05) is 6.54 Å². The second-order valence-electron chi connectivity index (χ2n) is 8.59. The fraction of sp³-hybridized carbons (Fsp3) is 0.375. The van der Waals surface area contributed by atoms with E-state index in [0.717, 1.165) is 35.3 Å². The molecular weight excluding hydrogens is 378 g/mol. The van der Waals surface area contributed by atoms with Gasteiger partial charge in [0.05, 0.1) is 0 Å². The predicted octanol–water partition coefficient (Wildman–Crippen LogP) is 2.66. The molecule has 1 N–H and O–H groups in total. The Morgan fingerprint density at radius 2 is 1.73 bits per heavy atom. The summed E-state index contributed by atoms with van der Waals surface area (Å²) in [5, 5.41) is 2.92. The van der Waals surface area contributed by atoms with Gasteiger partial charge < -0.3 is 10.2 Å². The zero-order valence-corrected chi connectivity index (χ0v) is 16.8. The highest BCUT2D eigenvalue weighted by Gasteiger charge is 2.53. The highest BCUT2D eigenvalue weighted by atomic mass is 16.2. The molecule has 1 saturated carbocycles. The summed E-state index contributed by atoms with van der Waals surface area (Å²) in [5.74, 6) is -0.441. The van der Waals surface area contributed by atoms with Crippen LogP contribution >= 0.6 is 0 Å². The molecule has 2 aromatic carbocycles. The number of rotatable bonds is 5. The van der Waals surface area contributed by atoms with Crippen LogP contribution in [0, 0.1) is 0 Å². The molecule has 1 unspecified atom stereocenters. The van der Waals surface area contributed by atoms with Crippen molar-refractivity contribution in [3.63, 3.8) is 0 Å². The van der Waals surface area contributed by atoms with Crippen molar-refractivity contribution in [2.45, 2.75) is 50.2 Å². The topological polar surface area (TPSA) is 69.7 Å². The molecule has 30 heavy (non-hydrogen) atoms. The largest absolute Gasteiger partial charge is 0.334 e. The first-order valence-electron chi connectivity index (χ1n) is 10.6. The first-order valence-corrected chi connectivity index (χ1v) is 10.6. The standard InChI is InChI=1S/C24H25N3O3/c28-21(26(20-10-11-20)15-17-6-2-1-3-7-17)16-27-22(29)24(25-23(27)30)13-12-18-8-4-5-9-19(18)14-24/h1-9,20H,10-16H2,(H,25,30). The Hall–Kier alpha value is -3.15. The van der Waals surface area contributed by atoms with E-state index in [-0.39, 0.29) is 24.4 Å². The summed E-state index contributed by atoms with van der Waals surface area (Å²) in [5.41, 5.74) is 2.45. The monoisotopic (exact) mass is 403 g/mol. The second-order valence-corrected chi connectivity index (χ2v) is 8.59. The number of hydrogen-bond acceptors (Lipinski definition) is 3. The third-order valence-electron chi connectivity index (χ3n) is 6.47. The van der Waals surface area contributed by atoms with Crippen molar-refractivity contribution < 1.29 is 14.4 Å². The average Bonchev–Trinajstić information content (AvgIpc) is 3.57. The molecule has 0 radical (unpaired) electrons. The normalized spacial score (nSPS) is 22.7. The summed E-state index contributed by atoms with van der Waals surface area (Å²) >= 11 is 0. The number of nitrogens with one attached hydrogen (secondary N) is 1. The van der Waals surface area contributed by atoms with Crippen molar-refractivity contribution in [1.82, 2.24) is 15.1 Å². The predicted molar refractivity (Wildman–Crippen MR) is 111 cm³/mol. The molecule has 6 nitrogen and oxygen atoms in total. The molecule has 1 aliphatic heterocycles. The quantitative estimate of drug-likeness (QED) is 0.781. The lowest BCUT2D eigenvalue weighted by Crippen LogP contribution is -2.51. The van der Waals surface area contributed by atoms with Crippen LogP contribution in [-0.4, -0.2) is 45.8 Å². The van der Waals surface area contributed by atoms with E-state index in [9.17, 15) is 14.4 Å². The third kappa shape index (κ3) is 3.36. The van der Waals surface area contributed by atoms with Gasteiger partial charge in [-0.3, -0.25) is 14.5 Å². The number of benzene rings is 2. The maximum atomic E-state index is 13.3. The van der Waals surface area contributed by atoms with Gasteiger partial charge in [0.25, 0.3) is 5.91 Å². The molecule has 3 aliphatic rings. The van der Waals surface area contributed by atoms with Gasteiger partial charge in [-0.1, -0.05) is 54.6 Å². The lowest BCUT2D eigenvalue weighted by atomic mass is 9.78. The molecule has 1 atom stereocenters. The lowest BCUT2D eigenvalue weighted by molar-refractivity contribution is -0.139. The molecule has 0 aromatic heterocycles. The molecule has 4 amide bonds. The first-order chi connectivity index (χ1) is 14.6. The summed E-state index contributed by atoms with van der Waals surface area (Å²) in [6.45, 7) is 0.309. The van der Waals surface area contributed by atoms with Crippen molar-refractivity contribution in [3.05, 3.63) is 71.3 Å². The van der Waals surface area contributed by atoms with Gasteiger partial charge in [-0.15, -0.1) is 0 Å². The summed E-state index contributed by atoms with van der Waals surface area (Å²) in [7, 11) is 0. The van der Waals surface area contributed by atoms with Crippen LogP contribution in [0.15, 0.2) is 54.6 Å². The van der Waals surface area contributed by atoms with E-state index in [1.807, 2.05) is 53.4 Å². The number of hydrogen-bond donors (Lipinski definition) is 1. The average molecular weight is 403 g/mol. The van der Waals surface area contributed by atoms with E-state index in [1.165, 1.54) is 5.56 Å². The zero-order valence-electron chi connectivity index (χ0n) is 16.8. The number of imide groups is 1. The Kier molecular flexibility index (Phi) is 4.57. The lowest BCUT2D eigenvalue weighted by Gasteiger charge is -2.32. The SMILES string of the molecule is O=C1NC2(CCc3ccccc3C2)C(=O)N1CC(=O)N(Cc1ccccc1)C1CC1. The van der Waals surface area contributed by atoms with E-state index in [2.05, 4.69) is 11.4 Å². The van der Waals surface area contributed by atoms with Crippen LogP contribution in [0.25, 0.3) is 0 Å². The maximum Gasteiger partial charge on any atom is 0.325 e. The van der Waals surface area contributed by atoms with Gasteiger partial charge in [0.15, 0.2) is 0 Å². The molecule has 2 fully saturated rings. The highest BCUT2D eigenvalue weighted by molar-refractivity contribution is 6.09. The van der Waals surface area contributed by atoms with Crippen LogP contribution in [0.5, 0.6) is 0 Å². The Morgan fingerprint density at radius 1 is 1.03 bits per heavy atom. The van der Waals surface area contributed by atoms with Crippen molar-refractivity contribution in [2.24, 2.45) is 0 Å². The minimum Gasteiger partial charge on any atom is -0.334 e. The Labute approximate surface area is 175 Å². The molecule has 154 valence electrons. The molecule has 6 heteroatoms. The summed E-state index contributed by atoms with van der Waals surface area (Å²) in [4.78, 5) is 42.0. The van der Waals surface area contributed by atoms with Gasteiger partial charge in [-0.25, -0.2) is 4.79 Å². The fourth-order valence-corrected chi connectivity index (χ4v) is 4.66. The number of carbonyl (C=O) groups is 3. The Morgan fingerprint density at radius 3 is 2.47 bits per heavy atom. The molecular formula is C24H25N3O3. The van der Waals surface area contributed by atoms with E-state index in [1.54, 1.807) is 0 Å². The molecule has 2 aromatic rings. The van der Waals surface area contributed by atoms with E-state index in [4.69, 9.17) is 0 Å². The summed E-state index contributed by atoms with van der Waals surface area (Å²) in [6, 6.07) is 17.6. The zero-order chi connectivity index (χ0) is 20.7. The molecule has 1 heterocycles. The van der Waals surface area contributed by atoms with Crippen LogP contribution in [0.2, 0.25) is 0 Å². The molecule has 1 saturated heterocycles. The Balaban J connectivity index is 1.32. The third-order valence-corrected chi connectivity index (χ3v) is 6.47. The van der Waals surface area contributed by atoms with Crippen LogP contribution in [0.4, 0.5) is 4.79 Å². The molecule has 5 rings (SSSR count). The van der Waals surface area contributed by atoms with Gasteiger partial charge in [-0.2, -0.15) is 0 Å². The van der Waals surface area contributed by atoms with Gasteiger partial charge in [0.1, 0.15) is 12.1 Å². The minimum atomic E-state index is -0.921. The van der Waals surface area contributed by atoms with Gasteiger partial charge >= 0.3 is 6.03 Å².